The summed E-state index contributed by atoms with van der Waals surface area (Å²) < 4.78 is 0. The highest BCUT2D eigenvalue weighted by Gasteiger charge is 1.95. The Bertz CT molecular complexity index is 302. The zero-order chi connectivity index (χ0) is 8.81. The first-order valence-electron chi connectivity index (χ1n) is 3.31. The van der Waals surface area contributed by atoms with Crippen molar-refractivity contribution >= 4 is 23.0 Å². The van der Waals surface area contributed by atoms with Gasteiger partial charge in [-0.2, -0.15) is 11.5 Å². The van der Waals surface area contributed by atoms with Crippen molar-refractivity contribution in [1.29, 1.82) is 0 Å². The lowest BCUT2D eigenvalue weighted by Gasteiger charge is -2.01. The van der Waals surface area contributed by atoms with Crippen LogP contribution < -0.4 is 10.7 Å². The van der Waals surface area contributed by atoms with Gasteiger partial charge in [0.15, 0.2) is 0 Å². The van der Waals surface area contributed by atoms with Gasteiger partial charge in [-0.05, 0) is 24.4 Å². The van der Waals surface area contributed by atoms with Gasteiger partial charge in [0.25, 0.3) is 0 Å². The Morgan fingerprint density at radius 2 is 2.00 bits per heavy atom. The first-order valence-corrected chi connectivity index (χ1v) is 3.72. The molecule has 0 spiro atoms. The van der Waals surface area contributed by atoms with E-state index in [1.54, 1.807) is 0 Å². The first-order chi connectivity index (χ1) is 5.83. The first kappa shape index (κ1) is 8.50. The number of hydrogen-bond donors (Lipinski definition) is 2. The Morgan fingerprint density at radius 1 is 1.33 bits per heavy atom. The van der Waals surface area contributed by atoms with Crippen LogP contribution in [0.1, 0.15) is 0 Å². The second-order valence-electron chi connectivity index (χ2n) is 2.04. The molecule has 0 radical (unpaired) electrons. The molecule has 1 rings (SSSR count). The average Bonchev–Trinajstić information content (AvgIpc) is 2.06. The van der Waals surface area contributed by atoms with Crippen LogP contribution >= 0.6 is 12.2 Å². The molecule has 0 aliphatic carbocycles. The van der Waals surface area contributed by atoms with Crippen molar-refractivity contribution in [3.05, 3.63) is 41.9 Å². The highest BCUT2D eigenvalue weighted by atomic mass is 32.1. The standard InChI is InChI=1S/C8H7N3S/c1-9-11-8(12)10-7-5-3-2-4-6-7/h2-6H,(H2,10,11,12). The molecule has 0 unspecified atom stereocenters. The van der Waals surface area contributed by atoms with Crippen LogP contribution in [0.4, 0.5) is 5.69 Å². The van der Waals surface area contributed by atoms with Gasteiger partial charge in [-0.15, -0.1) is 0 Å². The predicted octanol–water partition coefficient (Wildman–Crippen LogP) is 1.81. The maximum Gasteiger partial charge on any atom is 0.242 e. The number of anilines is 1. The van der Waals surface area contributed by atoms with Crippen LogP contribution in [0.5, 0.6) is 0 Å². The summed E-state index contributed by atoms with van der Waals surface area (Å²) in [6.07, 6.45) is 0. The van der Waals surface area contributed by atoms with E-state index in [9.17, 15) is 0 Å². The van der Waals surface area contributed by atoms with Gasteiger partial charge in [-0.25, -0.2) is 0 Å². The van der Waals surface area contributed by atoms with Gasteiger partial charge in [0.2, 0.25) is 5.11 Å². The number of para-hydroxylation sites is 1. The van der Waals surface area contributed by atoms with Crippen molar-refractivity contribution in [3.63, 3.8) is 0 Å². The van der Waals surface area contributed by atoms with Gasteiger partial charge in [-0.1, -0.05) is 23.6 Å². The van der Waals surface area contributed by atoms with Crippen LogP contribution in [0.15, 0.2) is 30.3 Å². The van der Waals surface area contributed by atoms with E-state index in [1.165, 1.54) is 0 Å². The summed E-state index contributed by atoms with van der Waals surface area (Å²) in [4.78, 5) is 2.93. The van der Waals surface area contributed by atoms with Gasteiger partial charge in [0.1, 0.15) is 0 Å². The fourth-order valence-corrected chi connectivity index (χ4v) is 0.895. The van der Waals surface area contributed by atoms with Crippen molar-refractivity contribution in [2.24, 2.45) is 0 Å². The van der Waals surface area contributed by atoms with E-state index in [4.69, 9.17) is 18.8 Å². The predicted molar refractivity (Wildman–Crippen MR) is 52.4 cm³/mol. The molecule has 0 aliphatic heterocycles. The van der Waals surface area contributed by atoms with E-state index < -0.39 is 0 Å². The van der Waals surface area contributed by atoms with Crippen molar-refractivity contribution in [2.75, 3.05) is 5.32 Å². The number of rotatable bonds is 1. The van der Waals surface area contributed by atoms with Crippen LogP contribution in [0.3, 0.4) is 0 Å². The highest BCUT2D eigenvalue weighted by Crippen LogP contribution is 2.03. The maximum atomic E-state index is 6.49. The Labute approximate surface area is 76.2 Å². The van der Waals surface area contributed by atoms with Gasteiger partial charge in [-0.3, -0.25) is 0 Å². The lowest BCUT2D eigenvalue weighted by Crippen LogP contribution is -2.21. The Morgan fingerprint density at radius 3 is 2.58 bits per heavy atom. The van der Waals surface area contributed by atoms with Gasteiger partial charge >= 0.3 is 0 Å². The molecular formula is C8H7N3S. The molecule has 1 aromatic carbocycles. The minimum Gasteiger partial charge on any atom is -0.328 e. The third-order valence-corrected chi connectivity index (χ3v) is 1.38. The minimum atomic E-state index is 0.316. The van der Waals surface area contributed by atoms with E-state index in [0.29, 0.717) is 5.11 Å². The smallest absolute Gasteiger partial charge is 0.242 e. The fourth-order valence-electron chi connectivity index (χ4n) is 0.731. The Hall–Kier alpha value is -1.60. The molecule has 2 N–H and O–H groups in total. The van der Waals surface area contributed by atoms with E-state index >= 15 is 0 Å². The molecule has 60 valence electrons. The summed E-state index contributed by atoms with van der Waals surface area (Å²) in [6.45, 7) is 6.49. The largest absolute Gasteiger partial charge is 0.328 e. The van der Waals surface area contributed by atoms with Crippen molar-refractivity contribution in [2.45, 2.75) is 0 Å². The van der Waals surface area contributed by atoms with E-state index in [2.05, 4.69) is 15.7 Å². The molecule has 0 atom stereocenters. The van der Waals surface area contributed by atoms with Crippen LogP contribution in [0.25, 0.3) is 4.95 Å². The third-order valence-electron chi connectivity index (χ3n) is 1.19. The topological polar surface area (TPSA) is 28.4 Å². The fraction of sp³-hybridized carbons (Fsp3) is 0. The van der Waals surface area contributed by atoms with Gasteiger partial charge in [0.05, 0.1) is 0 Å². The molecule has 12 heavy (non-hydrogen) atoms. The molecule has 0 aromatic heterocycles. The number of benzene rings is 1. The summed E-state index contributed by atoms with van der Waals surface area (Å²) >= 11 is 4.80. The van der Waals surface area contributed by atoms with Crippen molar-refractivity contribution in [1.82, 2.24) is 5.43 Å². The summed E-state index contributed by atoms with van der Waals surface area (Å²) in [7, 11) is 0. The minimum absolute atomic E-state index is 0.316. The van der Waals surface area contributed by atoms with Crippen molar-refractivity contribution in [3.8, 4) is 0 Å². The molecule has 0 heterocycles. The second-order valence-corrected chi connectivity index (χ2v) is 2.45. The normalized spacial score (nSPS) is 8.25. The molecule has 0 fully saturated rings. The molecule has 0 saturated carbocycles. The highest BCUT2D eigenvalue weighted by molar-refractivity contribution is 7.80. The molecule has 4 heteroatoms. The number of nitrogens with zero attached hydrogens (tertiary/aromatic N) is 1. The van der Waals surface area contributed by atoms with Crippen LogP contribution in [0, 0.1) is 6.57 Å². The SMILES string of the molecule is [C-]#[N+]NC(=S)Nc1ccccc1. The Kier molecular flexibility index (Phi) is 3.05. The zero-order valence-electron chi connectivity index (χ0n) is 6.24. The van der Waals surface area contributed by atoms with Crippen LogP contribution in [0.2, 0.25) is 0 Å². The third kappa shape index (κ3) is 2.56. The monoisotopic (exact) mass is 177 g/mol. The molecular weight excluding hydrogens is 170 g/mol. The van der Waals surface area contributed by atoms with E-state index in [-0.39, 0.29) is 0 Å². The summed E-state index contributed by atoms with van der Waals surface area (Å²) in [5, 5.41) is 3.17. The molecule has 0 amide bonds. The molecule has 0 bridgehead atoms. The summed E-state index contributed by atoms with van der Waals surface area (Å²) in [5.41, 5.74) is 3.18. The summed E-state index contributed by atoms with van der Waals surface area (Å²) in [5.74, 6) is 0. The quantitative estimate of drug-likeness (QED) is 0.389. The van der Waals surface area contributed by atoms with Crippen LogP contribution in [-0.4, -0.2) is 5.11 Å². The van der Waals surface area contributed by atoms with Crippen LogP contribution in [-0.2, 0) is 0 Å². The molecule has 3 nitrogen and oxygen atoms in total. The summed E-state index contributed by atoms with van der Waals surface area (Å²) in [6, 6.07) is 9.44. The zero-order valence-corrected chi connectivity index (χ0v) is 7.06. The Balaban J connectivity index is 2.54. The lowest BCUT2D eigenvalue weighted by atomic mass is 10.3. The molecule has 0 aliphatic rings. The van der Waals surface area contributed by atoms with Gasteiger partial charge < -0.3 is 5.32 Å². The van der Waals surface area contributed by atoms with E-state index in [0.717, 1.165) is 5.69 Å². The number of thiocarbonyl (C=S) groups is 1. The second kappa shape index (κ2) is 4.31. The van der Waals surface area contributed by atoms with Gasteiger partial charge in [0, 0.05) is 5.69 Å². The molecule has 1 aromatic rings. The molecule has 0 saturated heterocycles. The number of hydrogen-bond acceptors (Lipinski definition) is 1. The van der Waals surface area contributed by atoms with Crippen molar-refractivity contribution < 1.29 is 0 Å². The maximum absolute atomic E-state index is 6.49. The average molecular weight is 177 g/mol. The lowest BCUT2D eigenvalue weighted by molar-refractivity contribution is 1.29. The number of nitrogens with one attached hydrogen (secondary N) is 2. The van der Waals surface area contributed by atoms with E-state index in [1.807, 2.05) is 30.3 Å².